The van der Waals surface area contributed by atoms with Crippen molar-refractivity contribution >= 4 is 33.5 Å². The molecule has 0 spiro atoms. The van der Waals surface area contributed by atoms with E-state index in [1.54, 1.807) is 55.7 Å². The van der Waals surface area contributed by atoms with Gasteiger partial charge in [0.2, 0.25) is 0 Å². The summed E-state index contributed by atoms with van der Waals surface area (Å²) in [7, 11) is 1.63. The number of hydrogen-bond donors (Lipinski definition) is 2. The number of ether oxygens (including phenoxy) is 5. The predicted octanol–water partition coefficient (Wildman–Crippen LogP) is 11.2. The van der Waals surface area contributed by atoms with Gasteiger partial charge in [0.1, 0.15) is 39.1 Å². The number of hydrazine groups is 1. The van der Waals surface area contributed by atoms with Crippen LogP contribution in [0.2, 0.25) is 0 Å². The van der Waals surface area contributed by atoms with E-state index >= 15 is 0 Å². The third-order valence-electron chi connectivity index (χ3n) is 11.4. The van der Waals surface area contributed by atoms with Crippen LogP contribution in [0.25, 0.3) is 10.2 Å². The van der Waals surface area contributed by atoms with Crippen LogP contribution in [0.1, 0.15) is 138 Å². The summed E-state index contributed by atoms with van der Waals surface area (Å²) in [6.45, 7) is 9.97. The van der Waals surface area contributed by atoms with Gasteiger partial charge in [-0.3, -0.25) is 10.6 Å². The first-order chi connectivity index (χ1) is 28.8. The summed E-state index contributed by atoms with van der Waals surface area (Å²) in [5.74, 6) is 8.37. The topological polar surface area (TPSA) is 131 Å². The number of nitrogens with two attached hydrogens (primary N) is 1. The monoisotopic (exact) mass is 827 g/mol. The number of fused-ring (bicyclic) bond motifs is 1. The largest absolute Gasteiger partial charge is 0.494 e. The van der Waals surface area contributed by atoms with Crippen LogP contribution in [0, 0.1) is 11.8 Å². The van der Waals surface area contributed by atoms with E-state index in [1.165, 1.54) is 30.6 Å². The highest BCUT2D eigenvalue weighted by atomic mass is 32.1. The molecule has 1 fully saturated rings. The van der Waals surface area contributed by atoms with Crippen LogP contribution in [0.4, 0.5) is 0 Å². The lowest BCUT2D eigenvalue weighted by molar-refractivity contribution is -0.140. The third-order valence-corrected chi connectivity index (χ3v) is 12.6. The fourth-order valence-electron chi connectivity index (χ4n) is 7.89. The summed E-state index contributed by atoms with van der Waals surface area (Å²) in [5, 5.41) is 0.685. The lowest BCUT2D eigenvalue weighted by atomic mass is 9.80. The Morgan fingerprint density at radius 1 is 0.864 bits per heavy atom. The molecule has 320 valence electrons. The maximum atomic E-state index is 13.9. The molecular formula is C48H65N3O7S. The average Bonchev–Trinajstić information content (AvgIpc) is 3.71. The number of methoxy groups -OCH3 is 1. The van der Waals surface area contributed by atoms with Crippen molar-refractivity contribution in [1.82, 2.24) is 10.4 Å². The second kappa shape index (κ2) is 24.1. The lowest BCUT2D eigenvalue weighted by Crippen LogP contribution is -2.48. The van der Waals surface area contributed by atoms with Crippen molar-refractivity contribution in [2.45, 2.75) is 122 Å². The first kappa shape index (κ1) is 45.8. The summed E-state index contributed by atoms with van der Waals surface area (Å²) < 4.78 is 30.4. The number of nitrogens with zero attached hydrogens (tertiary/aromatic N) is 1. The Balaban J connectivity index is 1.40. The van der Waals surface area contributed by atoms with E-state index in [4.69, 9.17) is 34.5 Å². The number of unbranched alkanes of at least 4 members (excludes halogenated alkanes) is 7. The molecule has 59 heavy (non-hydrogen) atoms. The van der Waals surface area contributed by atoms with Crippen molar-refractivity contribution in [1.29, 1.82) is 0 Å². The number of para-hydroxylation sites is 1. The summed E-state index contributed by atoms with van der Waals surface area (Å²) in [5.41, 5.74) is 3.68. The van der Waals surface area contributed by atoms with Gasteiger partial charge >= 0.3 is 11.9 Å². The highest BCUT2D eigenvalue weighted by Crippen LogP contribution is 2.45. The van der Waals surface area contributed by atoms with Crippen molar-refractivity contribution in [2.75, 3.05) is 26.9 Å². The molecule has 5 rings (SSSR count). The Hall–Kier alpha value is -4.29. The number of esters is 2. The first-order valence-electron chi connectivity index (χ1n) is 21.8. The average molecular weight is 828 g/mol. The molecule has 3 N–H and O–H groups in total. The van der Waals surface area contributed by atoms with Gasteiger partial charge < -0.3 is 23.7 Å². The molecular weight excluding hydrogens is 763 g/mol. The molecule has 0 amide bonds. The second-order valence-electron chi connectivity index (χ2n) is 15.7. The molecule has 1 aliphatic rings. The first-order valence-corrected chi connectivity index (χ1v) is 22.6. The number of benzene rings is 3. The molecule has 1 unspecified atom stereocenters. The molecule has 0 bridgehead atoms. The molecule has 1 saturated carbocycles. The van der Waals surface area contributed by atoms with Gasteiger partial charge in [0.15, 0.2) is 0 Å². The molecule has 1 heterocycles. The number of hydrogen-bond acceptors (Lipinski definition) is 11. The maximum Gasteiger partial charge on any atom is 0.343 e. The SMILES string of the molecule is C=CCOCCCCCCOc1ccc(C(=O)Oc2ccc(OC(=O)C3CCC(CCCC)CC3)cc2C(CCCCCC)(NN)c2nc3c(OC)cccc3s2)cc1. The third kappa shape index (κ3) is 12.9. The van der Waals surface area contributed by atoms with Crippen LogP contribution in [0.15, 0.2) is 73.3 Å². The van der Waals surface area contributed by atoms with E-state index in [0.29, 0.717) is 64.7 Å². The van der Waals surface area contributed by atoms with Crippen LogP contribution >= 0.6 is 11.3 Å². The van der Waals surface area contributed by atoms with Crippen LogP contribution < -0.4 is 30.2 Å². The van der Waals surface area contributed by atoms with Gasteiger partial charge in [0.25, 0.3) is 0 Å². The Morgan fingerprint density at radius 3 is 2.31 bits per heavy atom. The van der Waals surface area contributed by atoms with E-state index in [1.807, 2.05) is 18.2 Å². The Bertz CT molecular complexity index is 1910. The highest BCUT2D eigenvalue weighted by molar-refractivity contribution is 7.18. The molecule has 11 heteroatoms. The van der Waals surface area contributed by atoms with Crippen LogP contribution in [-0.2, 0) is 15.1 Å². The summed E-state index contributed by atoms with van der Waals surface area (Å²) in [6.07, 6.45) is 17.6. The molecule has 10 nitrogen and oxygen atoms in total. The van der Waals surface area contributed by atoms with Crippen molar-refractivity contribution in [2.24, 2.45) is 17.7 Å². The molecule has 1 aliphatic carbocycles. The Kier molecular flexibility index (Phi) is 18.7. The molecule has 1 atom stereocenters. The second-order valence-corrected chi connectivity index (χ2v) is 16.7. The lowest BCUT2D eigenvalue weighted by Gasteiger charge is -2.33. The Morgan fingerprint density at radius 2 is 1.59 bits per heavy atom. The smallest absolute Gasteiger partial charge is 0.343 e. The number of carbonyl (C=O) groups is 2. The number of nitrogens with one attached hydrogen (secondary N) is 1. The summed E-state index contributed by atoms with van der Waals surface area (Å²) >= 11 is 1.50. The molecule has 4 aromatic rings. The predicted molar refractivity (Wildman–Crippen MR) is 236 cm³/mol. The van der Waals surface area contributed by atoms with Crippen molar-refractivity contribution in [3.8, 4) is 23.0 Å². The minimum absolute atomic E-state index is 0.156. The van der Waals surface area contributed by atoms with Gasteiger partial charge in [0.05, 0.1) is 36.5 Å². The van der Waals surface area contributed by atoms with Gasteiger partial charge in [-0.25, -0.2) is 15.2 Å². The van der Waals surface area contributed by atoms with Gasteiger partial charge in [-0.15, -0.1) is 17.9 Å². The van der Waals surface area contributed by atoms with Gasteiger partial charge in [-0.05, 0) is 112 Å². The maximum absolute atomic E-state index is 13.9. The molecule has 0 saturated heterocycles. The Labute approximate surface area is 355 Å². The molecule has 1 aromatic heterocycles. The van der Waals surface area contributed by atoms with Crippen LogP contribution in [-0.4, -0.2) is 43.9 Å². The summed E-state index contributed by atoms with van der Waals surface area (Å²) in [4.78, 5) is 32.7. The van der Waals surface area contributed by atoms with E-state index in [-0.39, 0.29) is 11.9 Å². The zero-order valence-electron chi connectivity index (χ0n) is 35.4. The zero-order valence-corrected chi connectivity index (χ0v) is 36.3. The number of aromatic nitrogens is 1. The van der Waals surface area contributed by atoms with Crippen molar-refractivity contribution in [3.63, 3.8) is 0 Å². The molecule has 0 aliphatic heterocycles. The number of thiazole rings is 1. The quantitative estimate of drug-likeness (QED) is 0.0157. The van der Waals surface area contributed by atoms with E-state index in [0.717, 1.165) is 93.9 Å². The van der Waals surface area contributed by atoms with Crippen molar-refractivity contribution in [3.05, 3.63) is 89.5 Å². The minimum Gasteiger partial charge on any atom is -0.494 e. The zero-order chi connectivity index (χ0) is 41.9. The van der Waals surface area contributed by atoms with Gasteiger partial charge in [-0.1, -0.05) is 77.4 Å². The fraction of sp³-hybridized carbons (Fsp3) is 0.521. The van der Waals surface area contributed by atoms with E-state index in [2.05, 4.69) is 25.9 Å². The van der Waals surface area contributed by atoms with Crippen LogP contribution in [0.3, 0.4) is 0 Å². The van der Waals surface area contributed by atoms with Crippen LogP contribution in [0.5, 0.6) is 23.0 Å². The van der Waals surface area contributed by atoms with E-state index in [9.17, 15) is 9.59 Å². The normalized spacial score (nSPS) is 16.3. The van der Waals surface area contributed by atoms with Gasteiger partial charge in [-0.2, -0.15) is 0 Å². The van der Waals surface area contributed by atoms with Gasteiger partial charge in [0, 0.05) is 12.2 Å². The number of carbonyl (C=O) groups excluding carboxylic acids is 2. The summed E-state index contributed by atoms with van der Waals surface area (Å²) in [6, 6.07) is 18.0. The van der Waals surface area contributed by atoms with E-state index < -0.39 is 11.5 Å². The fourth-order valence-corrected chi connectivity index (χ4v) is 9.07. The molecule has 0 radical (unpaired) electrons. The molecule has 3 aromatic carbocycles. The highest BCUT2D eigenvalue weighted by Gasteiger charge is 2.40. The van der Waals surface area contributed by atoms with Crippen molar-refractivity contribution < 1.29 is 33.3 Å². The minimum atomic E-state index is -1.10. The standard InChI is InChI=1S/C48H65N3O7S/c1-5-8-10-13-30-48(51-49,47-50-44-42(54-4)18-16-19-43(44)59-47)40-34-39(57-45(52)36-22-20-35(21-23-36)17-9-6-2)28-29-41(40)58-46(53)37-24-26-38(27-25-37)56-33-15-12-11-14-32-55-31-7-3/h7,16,18-19,24-29,34-36,51H,3,5-6,8-15,17,20-23,30-33,49H2,1-2,4H3. The number of rotatable bonds is 26.